The van der Waals surface area contributed by atoms with Gasteiger partial charge in [0.15, 0.2) is 17.9 Å². The highest BCUT2D eigenvalue weighted by Crippen LogP contribution is 2.49. The van der Waals surface area contributed by atoms with Crippen LogP contribution < -0.4 is 19.9 Å². The predicted molar refractivity (Wildman–Crippen MR) is 249 cm³/mol. The van der Waals surface area contributed by atoms with Gasteiger partial charge in [0.05, 0.1) is 52.1 Å². The van der Waals surface area contributed by atoms with E-state index in [9.17, 15) is 4.79 Å². The Kier molecular flexibility index (Phi) is 11.4. The third-order valence-corrected chi connectivity index (χ3v) is 12.8. The van der Waals surface area contributed by atoms with Gasteiger partial charge in [0, 0.05) is 88.4 Å². The van der Waals surface area contributed by atoms with E-state index in [1.54, 1.807) is 0 Å². The summed E-state index contributed by atoms with van der Waals surface area (Å²) >= 11 is 0. The summed E-state index contributed by atoms with van der Waals surface area (Å²) in [7, 11) is 0. The van der Waals surface area contributed by atoms with Crippen LogP contribution in [0.4, 0.5) is 27.1 Å². The average Bonchev–Trinajstić information content (AvgIpc) is 3.66. The molecule has 0 aliphatic carbocycles. The van der Waals surface area contributed by atoms with Crippen LogP contribution in [0.25, 0.3) is 22.5 Å². The number of piperazine rings is 1. The molecular weight excluding hydrogens is 788 g/mol. The van der Waals surface area contributed by atoms with Crippen LogP contribution in [-0.4, -0.2) is 82.7 Å². The lowest BCUT2D eigenvalue weighted by atomic mass is 10.0. The highest BCUT2D eigenvalue weighted by molar-refractivity contribution is 5.95. The quantitative estimate of drug-likeness (QED) is 0.0965. The van der Waals surface area contributed by atoms with Crippen molar-refractivity contribution in [3.8, 4) is 28.3 Å². The average molecular weight is 841 g/mol. The standard InChI is InChI=1S/C52H53FN8O2/c1-36-55-43-22-27-58(45-20-11-9-18-41(45)50(43)60(36)33-38-14-5-3-6-15-38)47-32-40(35-62)49(48(53)52(47)63-31-13-26-57-29-24-54-25-30-57)59-28-23-44-51(42-19-10-12-21-46(42)59)61(37(2)56-44)34-39-16-7-4-8-17-39/h3-12,14-21,32,35,54H,13,22-31,33-34H2,1-2H3. The zero-order valence-electron chi connectivity index (χ0n) is 36.1. The van der Waals surface area contributed by atoms with Crippen molar-refractivity contribution in [3.63, 3.8) is 0 Å². The van der Waals surface area contributed by atoms with Gasteiger partial charge in [0.25, 0.3) is 0 Å². The van der Waals surface area contributed by atoms with Gasteiger partial charge >= 0.3 is 0 Å². The molecule has 0 saturated carbocycles. The number of carbonyl (C=O) groups excluding carboxylic acids is 1. The minimum atomic E-state index is -0.545. The van der Waals surface area contributed by atoms with Gasteiger partial charge in [-0.3, -0.25) is 4.79 Å². The highest BCUT2D eigenvalue weighted by atomic mass is 19.1. The second-order valence-corrected chi connectivity index (χ2v) is 16.8. The first-order chi connectivity index (χ1) is 31.0. The Labute approximate surface area is 368 Å². The zero-order valence-corrected chi connectivity index (χ0v) is 36.1. The van der Waals surface area contributed by atoms with Crippen LogP contribution in [0, 0.1) is 19.7 Å². The van der Waals surface area contributed by atoms with E-state index in [1.807, 2.05) is 60.4 Å². The van der Waals surface area contributed by atoms with Gasteiger partial charge in [-0.05, 0) is 49.6 Å². The van der Waals surface area contributed by atoms with Crippen LogP contribution in [0.15, 0.2) is 115 Å². The molecule has 1 N–H and O–H groups in total. The minimum Gasteiger partial charge on any atom is -0.488 e. The monoisotopic (exact) mass is 840 g/mol. The third kappa shape index (κ3) is 7.80. The van der Waals surface area contributed by atoms with E-state index in [4.69, 9.17) is 14.7 Å². The number of aryl methyl sites for hydroxylation is 2. The number of para-hydroxylation sites is 2. The molecule has 7 aromatic rings. The lowest BCUT2D eigenvalue weighted by molar-refractivity contribution is 0.112. The summed E-state index contributed by atoms with van der Waals surface area (Å²) in [5.41, 5.74) is 11.1. The number of carbonyl (C=O) groups is 1. The van der Waals surface area contributed by atoms with E-state index in [-0.39, 0.29) is 17.0 Å². The molecule has 0 amide bonds. The number of anilines is 4. The smallest absolute Gasteiger partial charge is 0.191 e. The molecule has 320 valence electrons. The molecule has 3 aliphatic rings. The number of aromatic nitrogens is 4. The Bertz CT molecular complexity index is 2760. The maximum Gasteiger partial charge on any atom is 0.191 e. The lowest BCUT2D eigenvalue weighted by Crippen LogP contribution is -2.44. The number of halogens is 1. The number of rotatable bonds is 12. The van der Waals surface area contributed by atoms with E-state index >= 15 is 4.39 Å². The second kappa shape index (κ2) is 17.7. The van der Waals surface area contributed by atoms with Gasteiger partial charge < -0.3 is 33.9 Å². The Hall–Kier alpha value is -6.56. The zero-order chi connectivity index (χ0) is 42.9. The molecule has 0 radical (unpaired) electrons. The minimum absolute atomic E-state index is 0.149. The Morgan fingerprint density at radius 3 is 1.76 bits per heavy atom. The van der Waals surface area contributed by atoms with Gasteiger partial charge in [0.1, 0.15) is 11.6 Å². The van der Waals surface area contributed by atoms with E-state index < -0.39 is 5.82 Å². The van der Waals surface area contributed by atoms with Crippen molar-refractivity contribution in [1.82, 2.24) is 29.3 Å². The van der Waals surface area contributed by atoms with Gasteiger partial charge in [-0.15, -0.1) is 0 Å². The fourth-order valence-electron chi connectivity index (χ4n) is 9.83. The molecule has 0 unspecified atom stereocenters. The van der Waals surface area contributed by atoms with Crippen molar-refractivity contribution in [1.29, 1.82) is 0 Å². The number of nitrogens with one attached hydrogen (secondary N) is 1. The van der Waals surface area contributed by atoms with Crippen LogP contribution in [-0.2, 0) is 25.9 Å². The maximum atomic E-state index is 18.2. The number of nitrogens with zero attached hydrogens (tertiary/aromatic N) is 7. The lowest BCUT2D eigenvalue weighted by Gasteiger charge is -2.32. The van der Waals surface area contributed by atoms with Gasteiger partial charge in [-0.2, -0.15) is 0 Å². The van der Waals surface area contributed by atoms with E-state index in [2.05, 4.69) is 97.9 Å². The van der Waals surface area contributed by atoms with Crippen molar-refractivity contribution in [2.24, 2.45) is 0 Å². The number of fused-ring (bicyclic) bond motifs is 6. The molecular formula is C52H53FN8O2. The summed E-state index contributed by atoms with van der Waals surface area (Å²) in [5, 5.41) is 3.43. The van der Waals surface area contributed by atoms with Gasteiger partial charge in [0.2, 0.25) is 0 Å². The number of ether oxygens (including phenoxy) is 1. The Morgan fingerprint density at radius 2 is 1.19 bits per heavy atom. The predicted octanol–water partition coefficient (Wildman–Crippen LogP) is 9.14. The van der Waals surface area contributed by atoms with E-state index in [1.165, 1.54) is 11.1 Å². The molecule has 10 nitrogen and oxygen atoms in total. The molecule has 1 saturated heterocycles. The van der Waals surface area contributed by atoms with Crippen LogP contribution in [0.3, 0.4) is 0 Å². The fraction of sp³-hybridized carbons (Fsp3) is 0.288. The second-order valence-electron chi connectivity index (χ2n) is 16.8. The molecule has 11 heteroatoms. The van der Waals surface area contributed by atoms with Crippen molar-refractivity contribution >= 4 is 29.0 Å². The molecule has 0 spiro atoms. The topological polar surface area (TPSA) is 83.7 Å². The first-order valence-corrected chi connectivity index (χ1v) is 22.3. The number of imidazole rings is 2. The van der Waals surface area contributed by atoms with Crippen LogP contribution >= 0.6 is 0 Å². The Balaban J connectivity index is 1.08. The molecule has 2 aromatic heterocycles. The normalized spacial score (nSPS) is 14.9. The summed E-state index contributed by atoms with van der Waals surface area (Å²) in [6.07, 6.45) is 2.70. The summed E-state index contributed by atoms with van der Waals surface area (Å²) < 4.78 is 29.5. The molecule has 63 heavy (non-hydrogen) atoms. The fourth-order valence-corrected chi connectivity index (χ4v) is 9.83. The third-order valence-electron chi connectivity index (χ3n) is 12.8. The number of benzene rings is 5. The number of hydrogen-bond donors (Lipinski definition) is 1. The molecule has 1 fully saturated rings. The largest absolute Gasteiger partial charge is 0.488 e. The maximum absolute atomic E-state index is 18.2. The van der Waals surface area contributed by atoms with Crippen molar-refractivity contribution in [2.75, 3.05) is 62.2 Å². The SMILES string of the molecule is Cc1nc2c(n1Cc1ccccc1)-c1ccccc1N(c1cc(C=O)c(N3CCc4nc(C)n(Cc5ccccc5)c4-c4ccccc43)c(F)c1OCCCN1CCNCC1)CC2. The van der Waals surface area contributed by atoms with Crippen LogP contribution in [0.1, 0.15) is 50.9 Å². The molecule has 5 heterocycles. The van der Waals surface area contributed by atoms with Crippen LogP contribution in [0.2, 0.25) is 0 Å². The first-order valence-electron chi connectivity index (χ1n) is 22.3. The molecule has 10 rings (SSSR count). The van der Waals surface area contributed by atoms with Crippen molar-refractivity contribution in [3.05, 3.63) is 161 Å². The van der Waals surface area contributed by atoms with Gasteiger partial charge in [-0.25, -0.2) is 14.4 Å². The Morgan fingerprint density at radius 1 is 0.667 bits per heavy atom. The summed E-state index contributed by atoms with van der Waals surface area (Å²) in [6, 6.07) is 39.0. The van der Waals surface area contributed by atoms with E-state index in [0.717, 1.165) is 102 Å². The summed E-state index contributed by atoms with van der Waals surface area (Å²) in [6.45, 7) is 11.4. The highest BCUT2D eigenvalue weighted by Gasteiger charge is 2.34. The molecule has 0 bridgehead atoms. The van der Waals surface area contributed by atoms with Crippen LogP contribution in [0.5, 0.6) is 5.75 Å². The van der Waals surface area contributed by atoms with E-state index in [0.29, 0.717) is 51.3 Å². The van der Waals surface area contributed by atoms with Gasteiger partial charge in [-0.1, -0.05) is 97.1 Å². The van der Waals surface area contributed by atoms with Crippen molar-refractivity contribution in [2.45, 2.75) is 46.2 Å². The molecule has 0 atom stereocenters. The first kappa shape index (κ1) is 40.5. The molecule has 5 aromatic carbocycles. The summed E-state index contributed by atoms with van der Waals surface area (Å²) in [4.78, 5) is 30.2. The number of hydrogen-bond acceptors (Lipinski definition) is 8. The van der Waals surface area contributed by atoms with Crippen molar-refractivity contribution < 1.29 is 13.9 Å². The summed E-state index contributed by atoms with van der Waals surface area (Å²) in [5.74, 6) is 1.48. The molecule has 3 aliphatic heterocycles. The number of aldehydes is 1.